The normalized spacial score (nSPS) is 13.9. The molecule has 0 radical (unpaired) electrons. The van der Waals surface area contributed by atoms with Gasteiger partial charge in [0.05, 0.1) is 73.6 Å². The number of hydrogen-bond donors (Lipinski definition) is 0. The molecule has 0 saturated heterocycles. The van der Waals surface area contributed by atoms with E-state index in [4.69, 9.17) is 18.8 Å². The second-order valence-electron chi connectivity index (χ2n) is 30.5. The lowest BCUT2D eigenvalue weighted by Crippen LogP contribution is -2.44. The molecule has 0 aliphatic carbocycles. The number of rotatable bonds is 13. The molecule has 22 rings (SSSR count). The summed E-state index contributed by atoms with van der Waals surface area (Å²) in [5.74, 6) is 0.495. The minimum atomic E-state index is -0.482. The second kappa shape index (κ2) is 28.1. The number of nitrogens with zero attached hydrogens (tertiary/aromatic N) is 8. The third kappa shape index (κ3) is 11.1. The van der Waals surface area contributed by atoms with Crippen LogP contribution in [0, 0.1) is 22.7 Å². The highest BCUT2D eigenvalue weighted by molar-refractivity contribution is 6.28. The molecule has 0 bridgehead atoms. The maximum absolute atomic E-state index is 12.1. The van der Waals surface area contributed by atoms with Crippen LogP contribution in [0.3, 0.4) is 0 Å². The van der Waals surface area contributed by atoms with Crippen molar-refractivity contribution in [3.05, 3.63) is 404 Å². The Labute approximate surface area is 680 Å². The van der Waals surface area contributed by atoms with E-state index in [1.807, 2.05) is 72.8 Å². The number of aromatic nitrogens is 4. The van der Waals surface area contributed by atoms with E-state index < -0.39 is 12.2 Å². The van der Waals surface area contributed by atoms with Crippen LogP contribution in [0.5, 0.6) is 0 Å². The van der Waals surface area contributed by atoms with Gasteiger partial charge >= 0.3 is 0 Å². The second-order valence-corrected chi connectivity index (χ2v) is 30.5. The summed E-state index contributed by atoms with van der Waals surface area (Å²) in [4.78, 5) is 15.5. The van der Waals surface area contributed by atoms with Gasteiger partial charge in [-0.15, -0.1) is 0 Å². The van der Waals surface area contributed by atoms with Crippen LogP contribution in [0.2, 0.25) is 0 Å². The molecule has 1 aliphatic rings. The van der Waals surface area contributed by atoms with Crippen molar-refractivity contribution in [2.24, 2.45) is 0 Å². The van der Waals surface area contributed by atoms with Crippen molar-refractivity contribution >= 4 is 93.2 Å². The first-order chi connectivity index (χ1) is 58.3. The van der Waals surface area contributed by atoms with E-state index in [9.17, 15) is 10.5 Å². The summed E-state index contributed by atoms with van der Waals surface area (Å²) in [6, 6.07) is 137. The van der Waals surface area contributed by atoms with E-state index in [0.717, 1.165) is 194 Å². The lowest BCUT2D eigenvalue weighted by molar-refractivity contribution is 0.0832. The smallest absolute Gasteiger partial charge is 0.160 e. The van der Waals surface area contributed by atoms with Crippen LogP contribution < -0.4 is 0 Å². The summed E-state index contributed by atoms with van der Waals surface area (Å²) >= 11 is 0. The van der Waals surface area contributed by atoms with Crippen LogP contribution in [0.25, 0.3) is 194 Å². The van der Waals surface area contributed by atoms with Gasteiger partial charge in [-0.1, -0.05) is 291 Å². The zero-order valence-corrected chi connectivity index (χ0v) is 64.3. The molecular weight excluding hydrogens is 1440 g/mol. The van der Waals surface area contributed by atoms with E-state index in [2.05, 4.69) is 348 Å². The van der Waals surface area contributed by atoms with E-state index in [0.29, 0.717) is 28.3 Å². The summed E-state index contributed by atoms with van der Waals surface area (Å²) in [6.07, 6.45) is -0.480. The van der Waals surface area contributed by atoms with Crippen molar-refractivity contribution in [3.8, 4) is 113 Å². The highest BCUT2D eigenvalue weighted by atomic mass is 16.3. The summed E-state index contributed by atoms with van der Waals surface area (Å²) in [5.41, 5.74) is 27.9. The molecule has 6 heterocycles. The highest BCUT2D eigenvalue weighted by Crippen LogP contribution is 2.54. The molecule has 5 aromatic heterocycles. The van der Waals surface area contributed by atoms with Gasteiger partial charge in [0.1, 0.15) is 40.1 Å². The lowest BCUT2D eigenvalue weighted by atomic mass is 9.86. The van der Waals surface area contributed by atoms with Crippen LogP contribution in [0.15, 0.2) is 391 Å². The van der Waals surface area contributed by atoms with Gasteiger partial charge in [-0.3, -0.25) is 4.90 Å². The van der Waals surface area contributed by atoms with E-state index >= 15 is 0 Å². The molecular formula is C108H70N8O2. The molecule has 0 fully saturated rings. The number of hydrogen-bond acceptors (Lipinski definition) is 8. The van der Waals surface area contributed by atoms with Crippen molar-refractivity contribution in [3.63, 3.8) is 0 Å². The maximum Gasteiger partial charge on any atom is 0.160 e. The Morgan fingerprint density at radius 3 is 1.39 bits per heavy atom. The Morgan fingerprint density at radius 1 is 0.314 bits per heavy atom. The number of furan rings is 2. The molecule has 1 aliphatic heterocycles. The van der Waals surface area contributed by atoms with Gasteiger partial charge in [0, 0.05) is 83.7 Å². The molecule has 0 N–H and O–H groups in total. The van der Waals surface area contributed by atoms with Crippen LogP contribution in [0.4, 0.5) is 0 Å². The fraction of sp³-hybridized carbons (Fsp3) is 0.0370. The van der Waals surface area contributed by atoms with Gasteiger partial charge in [-0.05, 0) is 142 Å². The summed E-state index contributed by atoms with van der Waals surface area (Å²) in [6.45, 7) is 0. The van der Waals surface area contributed by atoms with Gasteiger partial charge < -0.3 is 22.9 Å². The predicted molar refractivity (Wildman–Crippen MR) is 480 cm³/mol. The fourth-order valence-electron chi connectivity index (χ4n) is 18.8. The Morgan fingerprint density at radius 2 is 0.788 bits per heavy atom. The zero-order valence-electron chi connectivity index (χ0n) is 64.3. The van der Waals surface area contributed by atoms with Crippen molar-refractivity contribution < 1.29 is 8.83 Å². The van der Waals surface area contributed by atoms with Gasteiger partial charge in [0.2, 0.25) is 0 Å². The summed E-state index contributed by atoms with van der Waals surface area (Å²) in [5, 5.41) is 31.5. The SMILES string of the molecule is CN1C(c2cccc(-c3ccc4c(c3)oc3c4ccc4c3c3ccccc3n4-c3c(-c4ccccc4)cc(-c4nc(-c5ccccc5)c(C#N)c(-c5ccccc5)n4)cc3-c3ccccc3)c2)=C(C#N)C(c2ccccc2)N(C)C1c1cc(-c2ccccc2)cc(-c2ccccc2)c1-n1c2ccccc2c2c3c(ccc21)oc1ccccc13. The van der Waals surface area contributed by atoms with E-state index in [1.54, 1.807) is 0 Å². The Hall–Kier alpha value is -15.7. The number of nitriles is 2. The van der Waals surface area contributed by atoms with Crippen molar-refractivity contribution in [2.45, 2.75) is 12.2 Å². The van der Waals surface area contributed by atoms with Gasteiger partial charge in [-0.2, -0.15) is 10.5 Å². The molecule has 10 nitrogen and oxygen atoms in total. The van der Waals surface area contributed by atoms with Crippen LogP contribution in [-0.2, 0) is 0 Å². The van der Waals surface area contributed by atoms with Gasteiger partial charge in [-0.25, -0.2) is 9.97 Å². The molecule has 554 valence electrons. The van der Waals surface area contributed by atoms with Gasteiger partial charge in [0.15, 0.2) is 5.82 Å². The third-order valence-corrected chi connectivity index (χ3v) is 23.9. The number of fused-ring (bicyclic) bond motifs is 14. The number of benzene rings is 16. The predicted octanol–water partition coefficient (Wildman–Crippen LogP) is 27.2. The number of para-hydroxylation sites is 3. The molecule has 10 heteroatoms. The monoisotopic (exact) mass is 1510 g/mol. The first-order valence-corrected chi connectivity index (χ1v) is 39.8. The zero-order chi connectivity index (χ0) is 78.6. The summed E-state index contributed by atoms with van der Waals surface area (Å²) < 4.78 is 19.0. The van der Waals surface area contributed by atoms with Crippen LogP contribution >= 0.6 is 0 Å². The average Bonchev–Trinajstić information content (AvgIpc) is 1.53. The van der Waals surface area contributed by atoms with Gasteiger partial charge in [0.25, 0.3) is 0 Å². The molecule has 2 unspecified atom stereocenters. The lowest BCUT2D eigenvalue weighted by Gasteiger charge is -2.48. The van der Waals surface area contributed by atoms with Crippen LogP contribution in [0.1, 0.15) is 34.5 Å². The van der Waals surface area contributed by atoms with E-state index in [1.165, 1.54) is 0 Å². The Bertz CT molecular complexity index is 7610. The summed E-state index contributed by atoms with van der Waals surface area (Å²) in [7, 11) is 4.36. The van der Waals surface area contributed by atoms with Crippen molar-refractivity contribution in [2.75, 3.05) is 14.1 Å². The molecule has 118 heavy (non-hydrogen) atoms. The quantitative estimate of drug-likeness (QED) is 0.112. The third-order valence-electron chi connectivity index (χ3n) is 23.9. The Kier molecular flexibility index (Phi) is 16.5. The van der Waals surface area contributed by atoms with Crippen molar-refractivity contribution in [1.29, 1.82) is 10.5 Å². The first-order valence-electron chi connectivity index (χ1n) is 39.8. The fourth-order valence-corrected chi connectivity index (χ4v) is 18.8. The van der Waals surface area contributed by atoms with Crippen LogP contribution in [-0.4, -0.2) is 43.0 Å². The topological polar surface area (TPSA) is 116 Å². The molecule has 16 aromatic carbocycles. The molecule has 0 spiro atoms. The maximum atomic E-state index is 12.1. The standard InChI is InChI=1S/C108H70N8O2/c1-113-102(73-43-22-9-23-44-73)89(66-110)103(114(2)108(113)87-61-77(67-31-10-3-11-32-67)60-84(68-33-12-4-13-34-68)105(87)115-90-50-27-24-47-81(90)97-92(115)57-58-95-99(97)83-49-26-29-52-94(83)117-95)76-46-30-45-74(59-76)75-53-54-79-80-55-56-93-98(106(80)118-96(79)64-75)82-48-25-28-51-91(82)116(93)104-85(69-35-14-5-15-36-69)62-78(63-86(104)70-37-16-6-17-38-70)107-111-100(71-39-18-7-19-40-71)88(65-109)101(112-107)72-41-20-8-21-42-72/h3-64,102,108H,1-2H3. The average molecular weight is 1510 g/mol. The molecule has 0 saturated carbocycles. The van der Waals surface area contributed by atoms with Crippen molar-refractivity contribution in [1.82, 2.24) is 28.9 Å². The Balaban J connectivity index is 0.718. The number of likely N-dealkylation sites (N-methyl/N-ethyl adjacent to an activating group) is 1. The highest BCUT2D eigenvalue weighted by Gasteiger charge is 2.42. The molecule has 0 amide bonds. The first kappa shape index (κ1) is 69.0. The molecule has 21 aromatic rings. The largest absolute Gasteiger partial charge is 0.456 e. The minimum Gasteiger partial charge on any atom is -0.456 e. The van der Waals surface area contributed by atoms with E-state index in [-0.39, 0.29) is 0 Å². The molecule has 2 atom stereocenters. The minimum absolute atomic E-state index is 0.408.